The Morgan fingerprint density at radius 1 is 1.33 bits per heavy atom. The van der Waals surface area contributed by atoms with Crippen LogP contribution in [0.3, 0.4) is 0 Å². The summed E-state index contributed by atoms with van der Waals surface area (Å²) in [6.45, 7) is 8.99. The van der Waals surface area contributed by atoms with Gasteiger partial charge in [0.25, 0.3) is 0 Å². The summed E-state index contributed by atoms with van der Waals surface area (Å²) < 4.78 is 5.00. The molecular weight excluding hydrogens is 306 g/mol. The van der Waals surface area contributed by atoms with E-state index in [0.29, 0.717) is 18.4 Å². The Morgan fingerprint density at radius 2 is 2.08 bits per heavy atom. The minimum atomic E-state index is -0.263. The minimum absolute atomic E-state index is 0.00387. The summed E-state index contributed by atoms with van der Waals surface area (Å²) in [6.07, 6.45) is 4.89. The molecule has 0 aromatic carbocycles. The van der Waals surface area contributed by atoms with E-state index in [9.17, 15) is 9.59 Å². The molecule has 1 N–H and O–H groups in total. The first-order chi connectivity index (χ1) is 11.6. The summed E-state index contributed by atoms with van der Waals surface area (Å²) in [7, 11) is 1.44. The van der Waals surface area contributed by atoms with Crippen LogP contribution in [0.1, 0.15) is 46.5 Å². The Balaban J connectivity index is 2.14. The van der Waals surface area contributed by atoms with E-state index in [1.54, 1.807) is 0 Å². The number of fused-ring (bicyclic) bond motifs is 1. The van der Waals surface area contributed by atoms with E-state index in [4.69, 9.17) is 4.74 Å². The predicted molar refractivity (Wildman–Crippen MR) is 93.7 cm³/mol. The lowest BCUT2D eigenvalue weighted by Gasteiger charge is -2.53. The first kappa shape index (κ1) is 19.0. The fourth-order valence-electron chi connectivity index (χ4n) is 4.64. The zero-order chi connectivity index (χ0) is 17.7. The number of nitrogens with one attached hydrogen (secondary N) is 1. The highest BCUT2D eigenvalue weighted by Crippen LogP contribution is 2.39. The van der Waals surface area contributed by atoms with Crippen LogP contribution in [0.5, 0.6) is 0 Å². The second-order valence-electron chi connectivity index (χ2n) is 7.21. The number of rotatable bonds is 6. The van der Waals surface area contributed by atoms with Gasteiger partial charge in [0.2, 0.25) is 6.41 Å². The number of carbonyl (C=O) groups is 2. The van der Waals surface area contributed by atoms with Crippen molar-refractivity contribution < 1.29 is 14.3 Å². The summed E-state index contributed by atoms with van der Waals surface area (Å²) in [6, 6.07) is 0.204. The Morgan fingerprint density at radius 3 is 2.67 bits per heavy atom. The molecule has 6 nitrogen and oxygen atoms in total. The number of piperazine rings is 1. The summed E-state index contributed by atoms with van der Waals surface area (Å²) in [5, 5.41) is 3.47. The number of nitrogens with zero attached hydrogens (tertiary/aromatic N) is 2. The fourth-order valence-corrected chi connectivity index (χ4v) is 4.64. The highest BCUT2D eigenvalue weighted by Gasteiger charge is 2.46. The van der Waals surface area contributed by atoms with E-state index in [-0.39, 0.29) is 24.2 Å². The molecule has 1 heterocycles. The van der Waals surface area contributed by atoms with Crippen molar-refractivity contribution in [2.24, 2.45) is 11.8 Å². The molecule has 1 saturated carbocycles. The molecule has 0 bridgehead atoms. The number of amides is 2. The van der Waals surface area contributed by atoms with Crippen LogP contribution in [0.25, 0.3) is 0 Å². The van der Waals surface area contributed by atoms with E-state index in [2.05, 4.69) is 19.2 Å². The predicted octanol–water partition coefficient (Wildman–Crippen LogP) is 2.09. The van der Waals surface area contributed by atoms with Crippen molar-refractivity contribution in [1.82, 2.24) is 15.1 Å². The molecule has 5 atom stereocenters. The van der Waals surface area contributed by atoms with Crippen molar-refractivity contribution in [3.8, 4) is 0 Å². The molecule has 0 aromatic heterocycles. The standard InChI is InChI=1S/C18H33N3O3/c1-5-14(10-19-6-2)15-7-8-16-17(9-15)20(12-22)11-13(3)21(16)18(23)24-4/h12-17,19H,5-11H2,1-4H3. The molecule has 138 valence electrons. The third-order valence-corrected chi connectivity index (χ3v) is 5.92. The molecule has 5 unspecified atom stereocenters. The van der Waals surface area contributed by atoms with E-state index in [1.807, 2.05) is 16.7 Å². The second kappa shape index (κ2) is 8.70. The molecule has 1 saturated heterocycles. The molecular formula is C18H33N3O3. The van der Waals surface area contributed by atoms with Crippen molar-refractivity contribution in [3.05, 3.63) is 0 Å². The van der Waals surface area contributed by atoms with Crippen molar-refractivity contribution >= 4 is 12.5 Å². The maximum Gasteiger partial charge on any atom is 0.410 e. The molecule has 2 fully saturated rings. The molecule has 1 aliphatic heterocycles. The van der Waals surface area contributed by atoms with Gasteiger partial charge >= 0.3 is 6.09 Å². The van der Waals surface area contributed by atoms with Crippen molar-refractivity contribution in [2.45, 2.75) is 64.6 Å². The highest BCUT2D eigenvalue weighted by atomic mass is 16.5. The van der Waals surface area contributed by atoms with Crippen LogP contribution in [0.15, 0.2) is 0 Å². The van der Waals surface area contributed by atoms with Crippen LogP contribution in [-0.4, -0.2) is 67.2 Å². The van der Waals surface area contributed by atoms with Crippen LogP contribution < -0.4 is 5.32 Å². The van der Waals surface area contributed by atoms with Gasteiger partial charge in [-0.2, -0.15) is 0 Å². The van der Waals surface area contributed by atoms with Gasteiger partial charge in [-0.3, -0.25) is 9.69 Å². The van der Waals surface area contributed by atoms with Gasteiger partial charge < -0.3 is 15.0 Å². The number of methoxy groups -OCH3 is 1. The monoisotopic (exact) mass is 339 g/mol. The van der Waals surface area contributed by atoms with Gasteiger partial charge in [0.15, 0.2) is 0 Å². The van der Waals surface area contributed by atoms with Crippen molar-refractivity contribution in [2.75, 3.05) is 26.7 Å². The van der Waals surface area contributed by atoms with Crippen LogP contribution in [-0.2, 0) is 9.53 Å². The summed E-state index contributed by atoms with van der Waals surface area (Å²) in [5.41, 5.74) is 0. The molecule has 2 rings (SSSR count). The first-order valence-electron chi connectivity index (χ1n) is 9.35. The van der Waals surface area contributed by atoms with Crippen LogP contribution in [0, 0.1) is 11.8 Å². The van der Waals surface area contributed by atoms with Gasteiger partial charge in [-0.25, -0.2) is 4.79 Å². The molecule has 2 amide bonds. The Labute approximate surface area is 145 Å². The minimum Gasteiger partial charge on any atom is -0.453 e. The van der Waals surface area contributed by atoms with Gasteiger partial charge in [-0.15, -0.1) is 0 Å². The average Bonchev–Trinajstić information content (AvgIpc) is 2.61. The van der Waals surface area contributed by atoms with Gasteiger partial charge in [-0.1, -0.05) is 20.3 Å². The second-order valence-corrected chi connectivity index (χ2v) is 7.21. The summed E-state index contributed by atoms with van der Waals surface area (Å²) in [5.74, 6) is 1.23. The van der Waals surface area contributed by atoms with Crippen molar-refractivity contribution in [1.29, 1.82) is 0 Å². The molecule has 24 heavy (non-hydrogen) atoms. The van der Waals surface area contributed by atoms with Crippen LogP contribution in [0.2, 0.25) is 0 Å². The molecule has 2 aliphatic rings. The third kappa shape index (κ3) is 3.85. The number of hydrogen-bond donors (Lipinski definition) is 1. The lowest BCUT2D eigenvalue weighted by atomic mass is 9.73. The topological polar surface area (TPSA) is 61.9 Å². The quantitative estimate of drug-likeness (QED) is 0.753. The molecule has 0 spiro atoms. The van der Waals surface area contributed by atoms with E-state index in [1.165, 1.54) is 7.11 Å². The molecule has 0 radical (unpaired) electrons. The van der Waals surface area contributed by atoms with Gasteiger partial charge in [0.05, 0.1) is 25.2 Å². The van der Waals surface area contributed by atoms with Gasteiger partial charge in [0, 0.05) is 6.54 Å². The lowest BCUT2D eigenvalue weighted by molar-refractivity contribution is -0.129. The first-order valence-corrected chi connectivity index (χ1v) is 9.35. The summed E-state index contributed by atoms with van der Waals surface area (Å²) >= 11 is 0. The SMILES string of the molecule is CCNCC(CC)C1CCC2C(C1)N(C=O)CC(C)N2C(=O)OC. The maximum atomic E-state index is 12.2. The molecule has 0 aromatic rings. The molecule has 1 aliphatic carbocycles. The fraction of sp³-hybridized carbons (Fsp3) is 0.889. The highest BCUT2D eigenvalue weighted by molar-refractivity contribution is 5.69. The lowest BCUT2D eigenvalue weighted by Crippen LogP contribution is -2.66. The smallest absolute Gasteiger partial charge is 0.410 e. The van der Waals surface area contributed by atoms with Crippen molar-refractivity contribution in [3.63, 3.8) is 0 Å². The van der Waals surface area contributed by atoms with Gasteiger partial charge in [0.1, 0.15) is 0 Å². The normalized spacial score (nSPS) is 31.3. The number of ether oxygens (including phenoxy) is 1. The van der Waals surface area contributed by atoms with Crippen LogP contribution >= 0.6 is 0 Å². The Kier molecular flexibility index (Phi) is 6.90. The largest absolute Gasteiger partial charge is 0.453 e. The third-order valence-electron chi connectivity index (χ3n) is 5.92. The number of hydrogen-bond acceptors (Lipinski definition) is 4. The van der Waals surface area contributed by atoms with E-state index in [0.717, 1.165) is 45.2 Å². The molecule has 6 heteroatoms. The van der Waals surface area contributed by atoms with E-state index >= 15 is 0 Å². The van der Waals surface area contributed by atoms with E-state index < -0.39 is 0 Å². The maximum absolute atomic E-state index is 12.2. The zero-order valence-electron chi connectivity index (χ0n) is 15.5. The Bertz CT molecular complexity index is 432. The zero-order valence-corrected chi connectivity index (χ0v) is 15.5. The Hall–Kier alpha value is -1.30. The van der Waals surface area contributed by atoms with Gasteiger partial charge in [-0.05, 0) is 51.1 Å². The van der Waals surface area contributed by atoms with Crippen LogP contribution in [0.4, 0.5) is 4.79 Å². The summed E-state index contributed by atoms with van der Waals surface area (Å²) in [4.78, 5) is 27.6. The average molecular weight is 339 g/mol. The number of carbonyl (C=O) groups excluding carboxylic acids is 2.